The van der Waals surface area contributed by atoms with Crippen LogP contribution >= 0.6 is 0 Å². The Morgan fingerprint density at radius 3 is 2.73 bits per heavy atom. The van der Waals surface area contributed by atoms with E-state index in [0.717, 1.165) is 63.4 Å². The molecule has 3 heterocycles. The summed E-state index contributed by atoms with van der Waals surface area (Å²) in [5.74, 6) is 3.02. The molecule has 1 saturated heterocycles. The standard InChI is InChI=1S/C21H36N4O/c1-2-3-4-5-6-9-14-20(26)24-15-11-12-18(17-24)21-23-22-19-13-8-7-10-16-25(19)21/h18H,2-17H2,1H3. The summed E-state index contributed by atoms with van der Waals surface area (Å²) >= 11 is 0. The summed E-state index contributed by atoms with van der Waals surface area (Å²) in [4.78, 5) is 14.7. The molecule has 1 amide bonds. The van der Waals surface area contributed by atoms with Crippen LogP contribution in [-0.4, -0.2) is 38.7 Å². The molecule has 2 aliphatic heterocycles. The summed E-state index contributed by atoms with van der Waals surface area (Å²) in [6.07, 6.45) is 15.2. The number of aromatic nitrogens is 3. The second-order valence-electron chi connectivity index (χ2n) is 8.13. The molecule has 0 radical (unpaired) electrons. The predicted octanol–water partition coefficient (Wildman–Crippen LogP) is 4.46. The van der Waals surface area contributed by atoms with Crippen molar-refractivity contribution in [1.82, 2.24) is 19.7 Å². The van der Waals surface area contributed by atoms with E-state index in [9.17, 15) is 4.79 Å². The van der Waals surface area contributed by atoms with Gasteiger partial charge in [-0.3, -0.25) is 4.79 Å². The normalized spacial score (nSPS) is 20.7. The van der Waals surface area contributed by atoms with Gasteiger partial charge in [-0.15, -0.1) is 10.2 Å². The van der Waals surface area contributed by atoms with Crippen molar-refractivity contribution in [3.8, 4) is 0 Å². The van der Waals surface area contributed by atoms with Crippen molar-refractivity contribution in [3.63, 3.8) is 0 Å². The molecule has 146 valence electrons. The summed E-state index contributed by atoms with van der Waals surface area (Å²) in [5, 5.41) is 8.99. The number of carbonyl (C=O) groups excluding carboxylic acids is 1. The monoisotopic (exact) mass is 360 g/mol. The maximum Gasteiger partial charge on any atom is 0.222 e. The van der Waals surface area contributed by atoms with Gasteiger partial charge in [0.2, 0.25) is 5.91 Å². The molecule has 1 atom stereocenters. The largest absolute Gasteiger partial charge is 0.342 e. The van der Waals surface area contributed by atoms with Gasteiger partial charge in [0.15, 0.2) is 0 Å². The van der Waals surface area contributed by atoms with Crippen LogP contribution in [0.25, 0.3) is 0 Å². The number of piperidine rings is 1. The van der Waals surface area contributed by atoms with Crippen LogP contribution in [0.4, 0.5) is 0 Å². The van der Waals surface area contributed by atoms with E-state index in [1.54, 1.807) is 0 Å². The molecule has 0 aliphatic carbocycles. The number of unbranched alkanes of at least 4 members (excludes halogenated alkanes) is 5. The van der Waals surface area contributed by atoms with Crippen molar-refractivity contribution in [1.29, 1.82) is 0 Å². The number of likely N-dealkylation sites (tertiary alicyclic amines) is 1. The summed E-state index contributed by atoms with van der Waals surface area (Å²) in [5.41, 5.74) is 0. The highest BCUT2D eigenvalue weighted by molar-refractivity contribution is 5.76. The summed E-state index contributed by atoms with van der Waals surface area (Å²) in [6.45, 7) is 5.06. The Hall–Kier alpha value is -1.39. The molecular weight excluding hydrogens is 324 g/mol. The van der Waals surface area contributed by atoms with Crippen LogP contribution in [0.5, 0.6) is 0 Å². The first-order chi connectivity index (χ1) is 12.8. The maximum atomic E-state index is 12.6. The summed E-state index contributed by atoms with van der Waals surface area (Å²) in [6, 6.07) is 0. The molecule has 1 unspecified atom stereocenters. The van der Waals surface area contributed by atoms with Gasteiger partial charge in [-0.2, -0.15) is 0 Å². The molecule has 0 bridgehead atoms. The molecule has 0 spiro atoms. The van der Waals surface area contributed by atoms with Crippen LogP contribution < -0.4 is 0 Å². The highest BCUT2D eigenvalue weighted by Crippen LogP contribution is 2.28. The van der Waals surface area contributed by atoms with Crippen LogP contribution in [0.1, 0.15) is 102 Å². The molecule has 5 nitrogen and oxygen atoms in total. The molecule has 3 rings (SSSR count). The minimum Gasteiger partial charge on any atom is -0.342 e. The van der Waals surface area contributed by atoms with E-state index in [2.05, 4.69) is 26.6 Å². The second kappa shape index (κ2) is 10.1. The van der Waals surface area contributed by atoms with Gasteiger partial charge >= 0.3 is 0 Å². The lowest BCUT2D eigenvalue weighted by Gasteiger charge is -2.32. The lowest BCUT2D eigenvalue weighted by atomic mass is 9.96. The first-order valence-electron chi connectivity index (χ1n) is 11.0. The molecule has 26 heavy (non-hydrogen) atoms. The Bertz CT molecular complexity index is 568. The number of aryl methyl sites for hydroxylation is 1. The number of nitrogens with zero attached hydrogens (tertiary/aromatic N) is 4. The third-order valence-corrected chi connectivity index (χ3v) is 6.02. The number of fused-ring (bicyclic) bond motifs is 1. The zero-order valence-corrected chi connectivity index (χ0v) is 16.6. The molecule has 5 heteroatoms. The Kier molecular flexibility index (Phi) is 7.51. The van der Waals surface area contributed by atoms with Crippen LogP contribution in [0, 0.1) is 0 Å². The van der Waals surface area contributed by atoms with Crippen molar-refractivity contribution >= 4 is 5.91 Å². The van der Waals surface area contributed by atoms with E-state index >= 15 is 0 Å². The number of amides is 1. The highest BCUT2D eigenvalue weighted by Gasteiger charge is 2.29. The van der Waals surface area contributed by atoms with E-state index in [0.29, 0.717) is 11.8 Å². The Morgan fingerprint density at radius 1 is 1.00 bits per heavy atom. The third-order valence-electron chi connectivity index (χ3n) is 6.02. The average molecular weight is 361 g/mol. The topological polar surface area (TPSA) is 51.0 Å². The minimum absolute atomic E-state index is 0.348. The fraction of sp³-hybridized carbons (Fsp3) is 0.857. The van der Waals surface area contributed by atoms with Crippen LogP contribution in [0.3, 0.4) is 0 Å². The van der Waals surface area contributed by atoms with E-state index in [1.165, 1.54) is 51.4 Å². The third kappa shape index (κ3) is 5.08. The van der Waals surface area contributed by atoms with Crippen molar-refractivity contribution in [3.05, 3.63) is 11.6 Å². The van der Waals surface area contributed by atoms with Gasteiger partial charge in [0.1, 0.15) is 11.6 Å². The smallest absolute Gasteiger partial charge is 0.222 e. The molecule has 0 saturated carbocycles. The second-order valence-corrected chi connectivity index (χ2v) is 8.13. The maximum absolute atomic E-state index is 12.6. The Balaban J connectivity index is 1.50. The number of carbonyl (C=O) groups is 1. The molecule has 0 N–H and O–H groups in total. The van der Waals surface area contributed by atoms with Gasteiger partial charge in [0, 0.05) is 38.4 Å². The van der Waals surface area contributed by atoms with E-state index < -0.39 is 0 Å². The minimum atomic E-state index is 0.348. The molecule has 1 aromatic rings. The highest BCUT2D eigenvalue weighted by atomic mass is 16.2. The van der Waals surface area contributed by atoms with E-state index in [1.807, 2.05) is 0 Å². The van der Waals surface area contributed by atoms with Crippen LogP contribution in [-0.2, 0) is 17.8 Å². The summed E-state index contributed by atoms with van der Waals surface area (Å²) < 4.78 is 2.36. The fourth-order valence-corrected chi connectivity index (χ4v) is 4.44. The molecule has 2 aliphatic rings. The lowest BCUT2D eigenvalue weighted by molar-refractivity contribution is -0.132. The number of hydrogen-bond acceptors (Lipinski definition) is 3. The van der Waals surface area contributed by atoms with Gasteiger partial charge in [-0.1, -0.05) is 45.4 Å². The molecule has 1 fully saturated rings. The first kappa shape index (κ1) is 19.4. The van der Waals surface area contributed by atoms with Gasteiger partial charge in [-0.25, -0.2) is 0 Å². The molecule has 0 aromatic carbocycles. The van der Waals surface area contributed by atoms with Crippen LogP contribution in [0.15, 0.2) is 0 Å². The Morgan fingerprint density at radius 2 is 1.85 bits per heavy atom. The molecular formula is C21H36N4O. The lowest BCUT2D eigenvalue weighted by Crippen LogP contribution is -2.39. The molecule has 1 aromatic heterocycles. The fourth-order valence-electron chi connectivity index (χ4n) is 4.44. The van der Waals surface area contributed by atoms with Crippen molar-refractivity contribution < 1.29 is 4.79 Å². The Labute approximate surface area is 158 Å². The van der Waals surface area contributed by atoms with E-state index in [4.69, 9.17) is 0 Å². The van der Waals surface area contributed by atoms with Crippen molar-refractivity contribution in [2.45, 2.75) is 103 Å². The number of rotatable bonds is 8. The quantitative estimate of drug-likeness (QED) is 0.643. The van der Waals surface area contributed by atoms with Crippen molar-refractivity contribution in [2.24, 2.45) is 0 Å². The zero-order chi connectivity index (χ0) is 18.2. The van der Waals surface area contributed by atoms with Gasteiger partial charge < -0.3 is 9.47 Å². The van der Waals surface area contributed by atoms with Gasteiger partial charge in [-0.05, 0) is 32.1 Å². The average Bonchev–Trinajstić information content (AvgIpc) is 2.93. The predicted molar refractivity (Wildman–Crippen MR) is 104 cm³/mol. The van der Waals surface area contributed by atoms with Gasteiger partial charge in [0.25, 0.3) is 0 Å². The van der Waals surface area contributed by atoms with Crippen molar-refractivity contribution in [2.75, 3.05) is 13.1 Å². The first-order valence-corrected chi connectivity index (χ1v) is 11.0. The summed E-state index contributed by atoms with van der Waals surface area (Å²) in [7, 11) is 0. The van der Waals surface area contributed by atoms with Gasteiger partial charge in [0.05, 0.1) is 0 Å². The zero-order valence-electron chi connectivity index (χ0n) is 16.6. The van der Waals surface area contributed by atoms with E-state index in [-0.39, 0.29) is 0 Å². The SMILES string of the molecule is CCCCCCCCC(=O)N1CCCC(c2nnc3n2CCCCC3)C1. The number of hydrogen-bond donors (Lipinski definition) is 0. The van der Waals surface area contributed by atoms with Crippen LogP contribution in [0.2, 0.25) is 0 Å².